The van der Waals surface area contributed by atoms with Crippen LogP contribution in [0.25, 0.3) is 0 Å². The zero-order valence-corrected chi connectivity index (χ0v) is 10.7. The van der Waals surface area contributed by atoms with Gasteiger partial charge in [-0.05, 0) is 18.8 Å². The highest BCUT2D eigenvalue weighted by atomic mass is 16.5. The van der Waals surface area contributed by atoms with Crippen molar-refractivity contribution in [1.29, 1.82) is 0 Å². The van der Waals surface area contributed by atoms with E-state index in [9.17, 15) is 4.79 Å². The lowest BCUT2D eigenvalue weighted by Gasteiger charge is -2.26. The molecule has 3 atom stereocenters. The van der Waals surface area contributed by atoms with Crippen molar-refractivity contribution in [2.45, 2.75) is 46.3 Å². The Labute approximate surface area is 97.9 Å². The quantitative estimate of drug-likeness (QED) is 0.754. The number of hydrogen-bond donors (Lipinski definition) is 2. The van der Waals surface area contributed by atoms with Crippen LogP contribution < -0.4 is 11.1 Å². The molecule has 1 amide bonds. The number of carbonyl (C=O) groups is 1. The van der Waals surface area contributed by atoms with Gasteiger partial charge in [0.25, 0.3) is 0 Å². The molecule has 0 aromatic carbocycles. The maximum Gasteiger partial charge on any atom is 0.237 e. The van der Waals surface area contributed by atoms with Gasteiger partial charge in [0, 0.05) is 19.1 Å². The molecule has 0 spiro atoms. The van der Waals surface area contributed by atoms with E-state index >= 15 is 0 Å². The smallest absolute Gasteiger partial charge is 0.237 e. The number of ether oxygens (including phenoxy) is 1. The first-order valence-electron chi connectivity index (χ1n) is 5.97. The van der Waals surface area contributed by atoms with Crippen LogP contribution in [0.15, 0.2) is 0 Å². The topological polar surface area (TPSA) is 64.3 Å². The Hall–Kier alpha value is -0.610. The van der Waals surface area contributed by atoms with Crippen LogP contribution in [0.5, 0.6) is 0 Å². The summed E-state index contributed by atoms with van der Waals surface area (Å²) < 4.78 is 5.44. The molecule has 0 saturated carbocycles. The van der Waals surface area contributed by atoms with Gasteiger partial charge in [-0.25, -0.2) is 0 Å². The summed E-state index contributed by atoms with van der Waals surface area (Å²) in [6.07, 6.45) is 1.26. The molecular formula is C12H24N2O2. The fraction of sp³-hybridized carbons (Fsp3) is 0.917. The Balaban J connectivity index is 2.35. The first-order valence-corrected chi connectivity index (χ1v) is 5.97. The number of nitrogens with one attached hydrogen (secondary N) is 1. The molecule has 3 unspecified atom stereocenters. The van der Waals surface area contributed by atoms with E-state index in [-0.39, 0.29) is 17.4 Å². The summed E-state index contributed by atoms with van der Waals surface area (Å²) in [6, 6.07) is -0.454. The fourth-order valence-corrected chi connectivity index (χ4v) is 1.78. The SMILES string of the molecule is CC1OCCC1CNC(=O)C(N)C(C)(C)C. The Kier molecular flexibility index (Phi) is 4.33. The number of rotatable bonds is 3. The Morgan fingerprint density at radius 3 is 2.62 bits per heavy atom. The molecule has 4 nitrogen and oxygen atoms in total. The molecule has 4 heteroatoms. The van der Waals surface area contributed by atoms with Crippen LogP contribution in [-0.4, -0.2) is 31.2 Å². The zero-order valence-electron chi connectivity index (χ0n) is 10.7. The van der Waals surface area contributed by atoms with Gasteiger partial charge in [-0.15, -0.1) is 0 Å². The number of hydrogen-bond acceptors (Lipinski definition) is 3. The second kappa shape index (κ2) is 5.15. The van der Waals surface area contributed by atoms with Crippen LogP contribution in [0.1, 0.15) is 34.1 Å². The summed E-state index contributed by atoms with van der Waals surface area (Å²) in [4.78, 5) is 11.8. The molecule has 16 heavy (non-hydrogen) atoms. The molecule has 0 aromatic rings. The van der Waals surface area contributed by atoms with Crippen molar-refractivity contribution in [2.75, 3.05) is 13.2 Å². The predicted octanol–water partition coefficient (Wildman–Crippen LogP) is 0.901. The molecule has 1 heterocycles. The van der Waals surface area contributed by atoms with E-state index in [1.165, 1.54) is 0 Å². The van der Waals surface area contributed by atoms with Crippen molar-refractivity contribution in [3.63, 3.8) is 0 Å². The van der Waals surface area contributed by atoms with E-state index in [1.54, 1.807) is 0 Å². The molecule has 1 saturated heterocycles. The average molecular weight is 228 g/mol. The van der Waals surface area contributed by atoms with Crippen molar-refractivity contribution in [2.24, 2.45) is 17.1 Å². The minimum absolute atomic E-state index is 0.0633. The van der Waals surface area contributed by atoms with Crippen molar-refractivity contribution in [1.82, 2.24) is 5.32 Å². The van der Waals surface area contributed by atoms with Gasteiger partial charge in [0.1, 0.15) is 0 Å². The monoisotopic (exact) mass is 228 g/mol. The first kappa shape index (κ1) is 13.5. The molecular weight excluding hydrogens is 204 g/mol. The Bertz CT molecular complexity index is 248. The molecule has 94 valence electrons. The summed E-state index contributed by atoms with van der Waals surface area (Å²) >= 11 is 0. The zero-order chi connectivity index (χ0) is 12.3. The van der Waals surface area contributed by atoms with Crippen molar-refractivity contribution in [3.05, 3.63) is 0 Å². The molecule has 0 bridgehead atoms. The van der Waals surface area contributed by atoms with E-state index in [2.05, 4.69) is 5.32 Å². The molecule has 3 N–H and O–H groups in total. The van der Waals surface area contributed by atoms with E-state index in [1.807, 2.05) is 27.7 Å². The summed E-state index contributed by atoms with van der Waals surface area (Å²) in [5.41, 5.74) is 5.68. The molecule has 1 fully saturated rings. The fourth-order valence-electron chi connectivity index (χ4n) is 1.78. The maximum absolute atomic E-state index is 11.8. The van der Waals surface area contributed by atoms with Crippen LogP contribution in [0.4, 0.5) is 0 Å². The van der Waals surface area contributed by atoms with Gasteiger partial charge in [-0.2, -0.15) is 0 Å². The normalized spacial score (nSPS) is 27.8. The lowest BCUT2D eigenvalue weighted by atomic mass is 9.87. The van der Waals surface area contributed by atoms with E-state index in [4.69, 9.17) is 10.5 Å². The Morgan fingerprint density at radius 1 is 1.56 bits per heavy atom. The van der Waals surface area contributed by atoms with Gasteiger partial charge in [0.2, 0.25) is 5.91 Å². The van der Waals surface area contributed by atoms with Gasteiger partial charge in [-0.3, -0.25) is 4.79 Å². The molecule has 1 aliphatic rings. The highest BCUT2D eigenvalue weighted by molar-refractivity contribution is 5.82. The maximum atomic E-state index is 11.8. The molecule has 0 aliphatic carbocycles. The standard InChI is InChI=1S/C12H24N2O2/c1-8-9(5-6-16-8)7-14-11(15)10(13)12(2,3)4/h8-10H,5-7,13H2,1-4H3,(H,14,15). The van der Waals surface area contributed by atoms with Crippen LogP contribution in [-0.2, 0) is 9.53 Å². The van der Waals surface area contributed by atoms with Crippen LogP contribution in [0.3, 0.4) is 0 Å². The lowest BCUT2D eigenvalue weighted by Crippen LogP contribution is -2.49. The third kappa shape index (κ3) is 3.46. The number of nitrogens with two attached hydrogens (primary N) is 1. The van der Waals surface area contributed by atoms with Gasteiger partial charge in [0.05, 0.1) is 12.1 Å². The van der Waals surface area contributed by atoms with E-state index in [0.29, 0.717) is 12.5 Å². The molecule has 1 aliphatic heterocycles. The van der Waals surface area contributed by atoms with Gasteiger partial charge >= 0.3 is 0 Å². The van der Waals surface area contributed by atoms with Crippen molar-refractivity contribution in [3.8, 4) is 0 Å². The Morgan fingerprint density at radius 2 is 2.19 bits per heavy atom. The average Bonchev–Trinajstić information content (AvgIpc) is 2.58. The van der Waals surface area contributed by atoms with Crippen LogP contribution in [0.2, 0.25) is 0 Å². The third-order valence-corrected chi connectivity index (χ3v) is 3.29. The van der Waals surface area contributed by atoms with Gasteiger partial charge < -0.3 is 15.8 Å². The van der Waals surface area contributed by atoms with E-state index in [0.717, 1.165) is 13.0 Å². The largest absolute Gasteiger partial charge is 0.378 e. The van der Waals surface area contributed by atoms with Crippen molar-refractivity contribution < 1.29 is 9.53 Å². The first-order chi connectivity index (χ1) is 7.32. The van der Waals surface area contributed by atoms with Gasteiger partial charge in [-0.1, -0.05) is 20.8 Å². The highest BCUT2D eigenvalue weighted by Crippen LogP contribution is 2.20. The minimum atomic E-state index is -0.454. The van der Waals surface area contributed by atoms with Gasteiger partial charge in [0.15, 0.2) is 0 Å². The molecule has 1 rings (SSSR count). The van der Waals surface area contributed by atoms with Crippen LogP contribution in [0, 0.1) is 11.3 Å². The third-order valence-electron chi connectivity index (χ3n) is 3.29. The summed E-state index contributed by atoms with van der Waals surface area (Å²) in [7, 11) is 0. The summed E-state index contributed by atoms with van der Waals surface area (Å²) in [5.74, 6) is 0.364. The summed E-state index contributed by atoms with van der Waals surface area (Å²) in [6.45, 7) is 9.43. The second-order valence-corrected chi connectivity index (χ2v) is 5.71. The lowest BCUT2D eigenvalue weighted by molar-refractivity contribution is -0.124. The number of amides is 1. The minimum Gasteiger partial charge on any atom is -0.378 e. The van der Waals surface area contributed by atoms with Crippen molar-refractivity contribution >= 4 is 5.91 Å². The van der Waals surface area contributed by atoms with Crippen LogP contribution >= 0.6 is 0 Å². The second-order valence-electron chi connectivity index (χ2n) is 5.71. The molecule has 0 aromatic heterocycles. The van der Waals surface area contributed by atoms with E-state index < -0.39 is 6.04 Å². The molecule has 0 radical (unpaired) electrons. The highest BCUT2D eigenvalue weighted by Gasteiger charge is 2.29. The number of carbonyl (C=O) groups excluding carboxylic acids is 1. The predicted molar refractivity (Wildman–Crippen MR) is 64.0 cm³/mol. The summed E-state index contributed by atoms with van der Waals surface area (Å²) in [5, 5.41) is 2.92.